The van der Waals surface area contributed by atoms with Gasteiger partial charge in [0.1, 0.15) is 11.6 Å². The van der Waals surface area contributed by atoms with Crippen molar-refractivity contribution in [2.75, 3.05) is 5.73 Å². The van der Waals surface area contributed by atoms with Gasteiger partial charge in [0.25, 0.3) is 0 Å². The van der Waals surface area contributed by atoms with Crippen molar-refractivity contribution in [2.24, 2.45) is 0 Å². The smallest absolute Gasteiger partial charge is 0.130 e. The number of hydrogen-bond donors (Lipinski definition) is 1. The molecule has 2 heterocycles. The Morgan fingerprint density at radius 2 is 1.88 bits per heavy atom. The molecule has 88 valence electrons. The van der Waals surface area contributed by atoms with Gasteiger partial charge in [-0.2, -0.15) is 0 Å². The molecule has 0 aliphatic heterocycles. The van der Waals surface area contributed by atoms with Crippen LogP contribution in [0.15, 0.2) is 24.5 Å². The van der Waals surface area contributed by atoms with Crippen LogP contribution in [0.2, 0.25) is 0 Å². The Bertz CT molecular complexity index is 508. The predicted molar refractivity (Wildman–Crippen MR) is 67.6 cm³/mol. The SMILES string of the molecule is CCc1nc(N)c(C)c(Cc2ccncc2)n1. The summed E-state index contributed by atoms with van der Waals surface area (Å²) in [4.78, 5) is 12.8. The Kier molecular flexibility index (Phi) is 3.32. The summed E-state index contributed by atoms with van der Waals surface area (Å²) in [5.41, 5.74) is 9.04. The zero-order chi connectivity index (χ0) is 12.3. The third kappa shape index (κ3) is 2.58. The van der Waals surface area contributed by atoms with Crippen molar-refractivity contribution in [3.63, 3.8) is 0 Å². The summed E-state index contributed by atoms with van der Waals surface area (Å²) in [6, 6.07) is 3.98. The molecule has 0 unspecified atom stereocenters. The van der Waals surface area contributed by atoms with Crippen molar-refractivity contribution in [2.45, 2.75) is 26.7 Å². The van der Waals surface area contributed by atoms with Crippen molar-refractivity contribution in [3.8, 4) is 0 Å². The molecule has 0 aromatic carbocycles. The molecule has 0 radical (unpaired) electrons. The van der Waals surface area contributed by atoms with Crippen LogP contribution in [0.3, 0.4) is 0 Å². The molecule has 2 aromatic rings. The molecule has 0 bridgehead atoms. The molecular weight excluding hydrogens is 212 g/mol. The fourth-order valence-corrected chi connectivity index (χ4v) is 1.66. The first-order chi connectivity index (χ1) is 8.20. The van der Waals surface area contributed by atoms with E-state index in [2.05, 4.69) is 15.0 Å². The molecule has 0 aliphatic rings. The minimum Gasteiger partial charge on any atom is -0.383 e. The Hall–Kier alpha value is -1.97. The van der Waals surface area contributed by atoms with Crippen LogP contribution in [0, 0.1) is 6.92 Å². The van der Waals surface area contributed by atoms with E-state index >= 15 is 0 Å². The van der Waals surface area contributed by atoms with E-state index in [4.69, 9.17) is 5.73 Å². The molecule has 2 rings (SSSR count). The summed E-state index contributed by atoms with van der Waals surface area (Å²) in [6.45, 7) is 3.99. The average Bonchev–Trinajstić information content (AvgIpc) is 2.36. The van der Waals surface area contributed by atoms with Gasteiger partial charge in [-0.1, -0.05) is 6.92 Å². The van der Waals surface area contributed by atoms with E-state index in [0.717, 1.165) is 29.9 Å². The lowest BCUT2D eigenvalue weighted by Gasteiger charge is -2.09. The van der Waals surface area contributed by atoms with Gasteiger partial charge < -0.3 is 5.73 Å². The van der Waals surface area contributed by atoms with Crippen LogP contribution in [0.25, 0.3) is 0 Å². The van der Waals surface area contributed by atoms with Crippen molar-refractivity contribution in [3.05, 3.63) is 47.2 Å². The van der Waals surface area contributed by atoms with Gasteiger partial charge in [0.15, 0.2) is 0 Å². The molecule has 0 fully saturated rings. The number of anilines is 1. The van der Waals surface area contributed by atoms with E-state index in [-0.39, 0.29) is 0 Å². The first-order valence-electron chi connectivity index (χ1n) is 5.71. The first kappa shape index (κ1) is 11.5. The van der Waals surface area contributed by atoms with Crippen LogP contribution in [0.4, 0.5) is 5.82 Å². The topological polar surface area (TPSA) is 64.7 Å². The van der Waals surface area contributed by atoms with Gasteiger partial charge in [-0.25, -0.2) is 9.97 Å². The molecule has 17 heavy (non-hydrogen) atoms. The molecule has 0 spiro atoms. The predicted octanol–water partition coefficient (Wildman–Crippen LogP) is 1.92. The van der Waals surface area contributed by atoms with Gasteiger partial charge in [-0.05, 0) is 24.6 Å². The first-order valence-corrected chi connectivity index (χ1v) is 5.71. The number of nitrogens with two attached hydrogens (primary N) is 1. The highest BCUT2D eigenvalue weighted by molar-refractivity contribution is 5.42. The fourth-order valence-electron chi connectivity index (χ4n) is 1.66. The number of aryl methyl sites for hydroxylation is 1. The Labute approximate surface area is 101 Å². The van der Waals surface area contributed by atoms with Gasteiger partial charge in [-0.15, -0.1) is 0 Å². The molecule has 0 saturated heterocycles. The van der Waals surface area contributed by atoms with Crippen molar-refractivity contribution < 1.29 is 0 Å². The number of nitrogen functional groups attached to an aromatic ring is 1. The van der Waals surface area contributed by atoms with E-state index in [1.807, 2.05) is 26.0 Å². The summed E-state index contributed by atoms with van der Waals surface area (Å²) in [5.74, 6) is 1.39. The van der Waals surface area contributed by atoms with Crippen molar-refractivity contribution in [1.29, 1.82) is 0 Å². The largest absolute Gasteiger partial charge is 0.383 e. The number of pyridine rings is 1. The van der Waals surface area contributed by atoms with E-state index in [1.54, 1.807) is 12.4 Å². The average molecular weight is 228 g/mol. The molecule has 4 nitrogen and oxygen atoms in total. The molecule has 2 aromatic heterocycles. The Balaban J connectivity index is 2.35. The van der Waals surface area contributed by atoms with Crippen molar-refractivity contribution in [1.82, 2.24) is 15.0 Å². The lowest BCUT2D eigenvalue weighted by molar-refractivity contribution is 0.888. The maximum atomic E-state index is 5.89. The third-order valence-corrected chi connectivity index (χ3v) is 2.77. The van der Waals surface area contributed by atoms with Crippen LogP contribution in [0.1, 0.15) is 29.6 Å². The van der Waals surface area contributed by atoms with Gasteiger partial charge >= 0.3 is 0 Å². The summed E-state index contributed by atoms with van der Waals surface area (Å²) >= 11 is 0. The zero-order valence-corrected chi connectivity index (χ0v) is 10.1. The van der Waals surface area contributed by atoms with Gasteiger partial charge in [0.2, 0.25) is 0 Å². The van der Waals surface area contributed by atoms with E-state index in [1.165, 1.54) is 5.56 Å². The number of aromatic nitrogens is 3. The van der Waals surface area contributed by atoms with Crippen LogP contribution in [-0.4, -0.2) is 15.0 Å². The summed E-state index contributed by atoms with van der Waals surface area (Å²) in [7, 11) is 0. The quantitative estimate of drug-likeness (QED) is 0.871. The summed E-state index contributed by atoms with van der Waals surface area (Å²) in [6.07, 6.45) is 5.15. The van der Waals surface area contributed by atoms with Crippen LogP contribution in [0.5, 0.6) is 0 Å². The highest BCUT2D eigenvalue weighted by Crippen LogP contribution is 2.16. The molecule has 0 amide bonds. The second kappa shape index (κ2) is 4.91. The van der Waals surface area contributed by atoms with Crippen LogP contribution in [-0.2, 0) is 12.8 Å². The molecule has 2 N–H and O–H groups in total. The highest BCUT2D eigenvalue weighted by Gasteiger charge is 2.08. The Morgan fingerprint density at radius 1 is 1.18 bits per heavy atom. The van der Waals surface area contributed by atoms with E-state index in [0.29, 0.717) is 5.82 Å². The number of nitrogens with zero attached hydrogens (tertiary/aromatic N) is 3. The molecule has 4 heteroatoms. The van der Waals surface area contributed by atoms with E-state index in [9.17, 15) is 0 Å². The standard InChI is InChI=1S/C13H16N4/c1-3-12-16-11(9(2)13(14)17-12)8-10-4-6-15-7-5-10/h4-7H,3,8H2,1-2H3,(H2,14,16,17). The van der Waals surface area contributed by atoms with Crippen LogP contribution < -0.4 is 5.73 Å². The van der Waals surface area contributed by atoms with Gasteiger partial charge in [-0.3, -0.25) is 4.98 Å². The lowest BCUT2D eigenvalue weighted by Crippen LogP contribution is -2.07. The summed E-state index contributed by atoms with van der Waals surface area (Å²) < 4.78 is 0. The minimum atomic E-state index is 0.584. The van der Waals surface area contributed by atoms with E-state index < -0.39 is 0 Å². The van der Waals surface area contributed by atoms with Crippen molar-refractivity contribution >= 4 is 5.82 Å². The second-order valence-corrected chi connectivity index (χ2v) is 3.98. The zero-order valence-electron chi connectivity index (χ0n) is 10.1. The fraction of sp³-hybridized carbons (Fsp3) is 0.308. The Morgan fingerprint density at radius 3 is 2.53 bits per heavy atom. The summed E-state index contributed by atoms with van der Waals surface area (Å²) in [5, 5.41) is 0. The lowest BCUT2D eigenvalue weighted by atomic mass is 10.1. The third-order valence-electron chi connectivity index (χ3n) is 2.77. The number of rotatable bonds is 3. The maximum absolute atomic E-state index is 5.89. The number of hydrogen-bond acceptors (Lipinski definition) is 4. The minimum absolute atomic E-state index is 0.584. The molecule has 0 aliphatic carbocycles. The molecule has 0 saturated carbocycles. The van der Waals surface area contributed by atoms with Crippen LogP contribution >= 0.6 is 0 Å². The van der Waals surface area contributed by atoms with Gasteiger partial charge in [0.05, 0.1) is 5.69 Å². The normalized spacial score (nSPS) is 10.5. The molecular formula is C13H16N4. The molecule has 0 atom stereocenters. The highest BCUT2D eigenvalue weighted by atomic mass is 14.9. The maximum Gasteiger partial charge on any atom is 0.130 e. The monoisotopic (exact) mass is 228 g/mol. The second-order valence-electron chi connectivity index (χ2n) is 3.98. The van der Waals surface area contributed by atoms with Gasteiger partial charge in [0, 0.05) is 30.8 Å².